The zero-order valence-electron chi connectivity index (χ0n) is 12.5. The molecule has 0 spiro atoms. The van der Waals surface area contributed by atoms with Crippen molar-refractivity contribution in [3.8, 4) is 0 Å². The maximum absolute atomic E-state index is 12.7. The van der Waals surface area contributed by atoms with Crippen molar-refractivity contribution >= 4 is 21.6 Å². The van der Waals surface area contributed by atoms with E-state index < -0.39 is 0 Å². The van der Waals surface area contributed by atoms with Gasteiger partial charge in [0.1, 0.15) is 4.83 Å². The number of thiophene rings is 1. The number of hydrogen-bond donors (Lipinski definition) is 1. The maximum atomic E-state index is 12.7. The summed E-state index contributed by atoms with van der Waals surface area (Å²) in [6.07, 6.45) is 8.64. The second-order valence-electron chi connectivity index (χ2n) is 5.86. The van der Waals surface area contributed by atoms with Crippen LogP contribution < -0.4 is 11.2 Å². The van der Waals surface area contributed by atoms with Crippen LogP contribution in [-0.2, 0) is 19.4 Å². The van der Waals surface area contributed by atoms with Gasteiger partial charge >= 0.3 is 5.69 Å². The summed E-state index contributed by atoms with van der Waals surface area (Å²) in [7, 11) is 0. The van der Waals surface area contributed by atoms with E-state index in [0.717, 1.165) is 55.2 Å². The first-order chi connectivity index (χ1) is 10.2. The van der Waals surface area contributed by atoms with Crippen LogP contribution in [0, 0.1) is 0 Å². The Labute approximate surface area is 127 Å². The second kappa shape index (κ2) is 6.18. The summed E-state index contributed by atoms with van der Waals surface area (Å²) < 4.78 is 1.40. The van der Waals surface area contributed by atoms with Crippen molar-refractivity contribution in [3.63, 3.8) is 0 Å². The Kier molecular flexibility index (Phi) is 4.29. The fourth-order valence-electron chi connectivity index (χ4n) is 3.17. The number of H-pyrrole nitrogens is 1. The molecule has 2 heterocycles. The maximum Gasteiger partial charge on any atom is 0.329 e. The number of nitrogens with one attached hydrogen (secondary N) is 1. The van der Waals surface area contributed by atoms with Crippen molar-refractivity contribution in [2.45, 2.75) is 64.8 Å². The summed E-state index contributed by atoms with van der Waals surface area (Å²) in [5.41, 5.74) is 0.872. The van der Waals surface area contributed by atoms with Crippen LogP contribution in [0.25, 0.3) is 10.2 Å². The molecule has 0 amide bonds. The highest BCUT2D eigenvalue weighted by Crippen LogP contribution is 2.32. The zero-order valence-corrected chi connectivity index (χ0v) is 13.4. The van der Waals surface area contributed by atoms with Gasteiger partial charge in [-0.15, -0.1) is 11.3 Å². The van der Waals surface area contributed by atoms with Crippen molar-refractivity contribution in [2.75, 3.05) is 0 Å². The third-order valence-corrected chi connectivity index (χ3v) is 5.54. The predicted octanol–water partition coefficient (Wildman–Crippen LogP) is 3.21. The molecule has 21 heavy (non-hydrogen) atoms. The molecule has 2 aromatic heterocycles. The highest BCUT2D eigenvalue weighted by molar-refractivity contribution is 7.18. The van der Waals surface area contributed by atoms with E-state index in [0.29, 0.717) is 6.54 Å². The highest BCUT2D eigenvalue weighted by atomic mass is 32.1. The summed E-state index contributed by atoms with van der Waals surface area (Å²) in [5, 5.41) is 0.782. The largest absolute Gasteiger partial charge is 0.329 e. The number of hydrogen-bond acceptors (Lipinski definition) is 3. The van der Waals surface area contributed by atoms with Crippen LogP contribution in [-0.4, -0.2) is 9.55 Å². The van der Waals surface area contributed by atoms with Gasteiger partial charge in [0.15, 0.2) is 0 Å². The first kappa shape index (κ1) is 14.6. The lowest BCUT2D eigenvalue weighted by Gasteiger charge is -2.10. The van der Waals surface area contributed by atoms with Crippen LogP contribution in [0.4, 0.5) is 0 Å². The lowest BCUT2D eigenvalue weighted by atomic mass is 9.97. The van der Waals surface area contributed by atoms with E-state index in [-0.39, 0.29) is 11.2 Å². The van der Waals surface area contributed by atoms with E-state index in [1.165, 1.54) is 21.4 Å². The van der Waals surface area contributed by atoms with Gasteiger partial charge in [0, 0.05) is 11.4 Å². The summed E-state index contributed by atoms with van der Waals surface area (Å²) in [6.45, 7) is 2.69. The first-order valence-corrected chi connectivity index (χ1v) is 8.81. The molecule has 0 aliphatic heterocycles. The SMILES string of the molecule is CCCCCCn1c(=O)[nH]c2sc3c(c2c1=O)CCCC3. The Morgan fingerprint density at radius 2 is 1.95 bits per heavy atom. The van der Waals surface area contributed by atoms with Gasteiger partial charge in [0.2, 0.25) is 0 Å². The van der Waals surface area contributed by atoms with E-state index in [2.05, 4.69) is 11.9 Å². The van der Waals surface area contributed by atoms with Gasteiger partial charge < -0.3 is 0 Å². The normalized spacial score (nSPS) is 14.5. The van der Waals surface area contributed by atoms with Crippen LogP contribution in [0.1, 0.15) is 55.9 Å². The average molecular weight is 306 g/mol. The van der Waals surface area contributed by atoms with Crippen LogP contribution in [0.2, 0.25) is 0 Å². The minimum atomic E-state index is -0.248. The van der Waals surface area contributed by atoms with Gasteiger partial charge in [0.05, 0.1) is 5.39 Å². The number of fused-ring (bicyclic) bond motifs is 3. The molecule has 0 fully saturated rings. The second-order valence-corrected chi connectivity index (χ2v) is 6.97. The predicted molar refractivity (Wildman–Crippen MR) is 87.5 cm³/mol. The molecule has 0 saturated carbocycles. The van der Waals surface area contributed by atoms with Gasteiger partial charge in [-0.2, -0.15) is 0 Å². The van der Waals surface area contributed by atoms with Crippen molar-refractivity contribution in [3.05, 3.63) is 31.3 Å². The molecule has 0 radical (unpaired) electrons. The Bertz CT molecular complexity index is 754. The number of aromatic nitrogens is 2. The third kappa shape index (κ3) is 2.71. The highest BCUT2D eigenvalue weighted by Gasteiger charge is 2.20. The molecular formula is C16H22N2O2S. The molecule has 0 saturated heterocycles. The Morgan fingerprint density at radius 3 is 2.76 bits per heavy atom. The summed E-state index contributed by atoms with van der Waals surface area (Å²) in [5.74, 6) is 0. The summed E-state index contributed by atoms with van der Waals surface area (Å²) in [6, 6.07) is 0. The van der Waals surface area contributed by atoms with Gasteiger partial charge in [-0.05, 0) is 37.7 Å². The van der Waals surface area contributed by atoms with E-state index in [4.69, 9.17) is 0 Å². The van der Waals surface area contributed by atoms with Crippen molar-refractivity contribution in [1.29, 1.82) is 0 Å². The molecule has 1 aliphatic carbocycles. The number of rotatable bonds is 5. The molecule has 2 aromatic rings. The molecule has 0 atom stereocenters. The first-order valence-electron chi connectivity index (χ1n) is 7.99. The number of nitrogens with zero attached hydrogens (tertiary/aromatic N) is 1. The minimum absolute atomic E-state index is 0.0790. The molecule has 4 nitrogen and oxygen atoms in total. The average Bonchev–Trinajstić information content (AvgIpc) is 2.84. The smallest absolute Gasteiger partial charge is 0.298 e. The van der Waals surface area contributed by atoms with Crippen molar-refractivity contribution in [2.24, 2.45) is 0 Å². The van der Waals surface area contributed by atoms with Crippen molar-refractivity contribution in [1.82, 2.24) is 9.55 Å². The molecule has 0 unspecified atom stereocenters. The molecule has 114 valence electrons. The van der Waals surface area contributed by atoms with E-state index in [1.807, 2.05) is 0 Å². The lowest BCUT2D eigenvalue weighted by molar-refractivity contribution is 0.554. The van der Waals surface area contributed by atoms with Gasteiger partial charge in [0.25, 0.3) is 5.56 Å². The Morgan fingerprint density at radius 1 is 1.14 bits per heavy atom. The molecule has 0 aromatic carbocycles. The van der Waals surface area contributed by atoms with Crippen LogP contribution in [0.15, 0.2) is 9.59 Å². The monoisotopic (exact) mass is 306 g/mol. The molecule has 0 bridgehead atoms. The molecule has 1 aliphatic rings. The van der Waals surface area contributed by atoms with E-state index in [1.54, 1.807) is 11.3 Å². The third-order valence-electron chi connectivity index (χ3n) is 4.33. The Hall–Kier alpha value is -1.36. The van der Waals surface area contributed by atoms with Crippen LogP contribution in [0.3, 0.4) is 0 Å². The quantitative estimate of drug-likeness (QED) is 0.862. The zero-order chi connectivity index (χ0) is 14.8. The topological polar surface area (TPSA) is 54.9 Å². The van der Waals surface area contributed by atoms with Crippen LogP contribution >= 0.6 is 11.3 Å². The van der Waals surface area contributed by atoms with Crippen molar-refractivity contribution < 1.29 is 0 Å². The van der Waals surface area contributed by atoms with E-state index >= 15 is 0 Å². The van der Waals surface area contributed by atoms with Gasteiger partial charge in [-0.1, -0.05) is 26.2 Å². The van der Waals surface area contributed by atoms with Crippen LogP contribution in [0.5, 0.6) is 0 Å². The molecular weight excluding hydrogens is 284 g/mol. The molecule has 1 N–H and O–H groups in total. The lowest BCUT2D eigenvalue weighted by Crippen LogP contribution is -2.35. The fraction of sp³-hybridized carbons (Fsp3) is 0.625. The molecule has 5 heteroatoms. The van der Waals surface area contributed by atoms with Gasteiger partial charge in [-0.25, -0.2) is 4.79 Å². The fourth-order valence-corrected chi connectivity index (χ4v) is 4.44. The summed E-state index contributed by atoms with van der Waals surface area (Å²) in [4.78, 5) is 29.8. The molecule has 3 rings (SSSR count). The summed E-state index contributed by atoms with van der Waals surface area (Å²) >= 11 is 1.60. The number of aryl methyl sites for hydroxylation is 2. The minimum Gasteiger partial charge on any atom is -0.298 e. The van der Waals surface area contributed by atoms with Gasteiger partial charge in [-0.3, -0.25) is 14.3 Å². The number of unbranched alkanes of at least 4 members (excludes halogenated alkanes) is 3. The number of aromatic amines is 1. The standard InChI is InChI=1S/C16H22N2O2S/c1-2-3-4-7-10-18-15(19)13-11-8-5-6-9-12(11)21-14(13)17-16(18)20/h2-10H2,1H3,(H,17,20). The van der Waals surface area contributed by atoms with E-state index in [9.17, 15) is 9.59 Å². The Balaban J connectivity index is 2.01.